The summed E-state index contributed by atoms with van der Waals surface area (Å²) >= 11 is 0. The molecule has 154 valence electrons. The summed E-state index contributed by atoms with van der Waals surface area (Å²) in [6.45, 7) is 0.990. The van der Waals surface area contributed by atoms with Gasteiger partial charge in [-0.05, 0) is 31.0 Å². The molecule has 2 amide bonds. The van der Waals surface area contributed by atoms with Gasteiger partial charge in [0.05, 0.1) is 30.3 Å². The summed E-state index contributed by atoms with van der Waals surface area (Å²) in [6.07, 6.45) is 4.50. The Morgan fingerprint density at radius 3 is 2.68 bits per heavy atom. The molecule has 2 aliphatic rings. The molecule has 0 bridgehead atoms. The maximum absolute atomic E-state index is 12.8. The van der Waals surface area contributed by atoms with Gasteiger partial charge < -0.3 is 24.6 Å². The van der Waals surface area contributed by atoms with Gasteiger partial charge in [0.15, 0.2) is 0 Å². The SMILES string of the molecule is COCC1(NC(=O)C[C@@H]2COc3ccc(C(=O)N(C)C)cc3N2C)CCCC1. The van der Waals surface area contributed by atoms with E-state index in [0.717, 1.165) is 37.1 Å². The molecule has 28 heavy (non-hydrogen) atoms. The second kappa shape index (κ2) is 8.39. The number of benzene rings is 1. The highest BCUT2D eigenvalue weighted by atomic mass is 16.5. The number of hydrogen-bond donors (Lipinski definition) is 1. The van der Waals surface area contributed by atoms with Crippen molar-refractivity contribution >= 4 is 17.5 Å². The van der Waals surface area contributed by atoms with Gasteiger partial charge in [0.2, 0.25) is 5.91 Å². The largest absolute Gasteiger partial charge is 0.489 e. The molecule has 7 nitrogen and oxygen atoms in total. The van der Waals surface area contributed by atoms with Crippen LogP contribution in [0.2, 0.25) is 0 Å². The molecule has 0 unspecified atom stereocenters. The van der Waals surface area contributed by atoms with Crippen LogP contribution in [0.25, 0.3) is 0 Å². The molecule has 0 saturated heterocycles. The second-order valence-electron chi connectivity index (χ2n) is 8.13. The minimum atomic E-state index is -0.233. The van der Waals surface area contributed by atoms with E-state index >= 15 is 0 Å². The zero-order valence-electron chi connectivity index (χ0n) is 17.3. The maximum atomic E-state index is 12.8. The van der Waals surface area contributed by atoms with Crippen LogP contribution in [-0.4, -0.2) is 69.8 Å². The standard InChI is InChI=1S/C21H31N3O4/c1-23(2)20(26)15-7-8-18-17(11-15)24(3)16(13-28-18)12-19(25)22-21(14-27-4)9-5-6-10-21/h7-8,11,16H,5-6,9-10,12-14H2,1-4H3,(H,22,25)/t16-/m1/s1. The van der Waals surface area contributed by atoms with Crippen molar-refractivity contribution in [3.63, 3.8) is 0 Å². The highest BCUT2D eigenvalue weighted by molar-refractivity contribution is 5.95. The summed E-state index contributed by atoms with van der Waals surface area (Å²) < 4.78 is 11.2. The molecule has 1 aliphatic heterocycles. The van der Waals surface area contributed by atoms with Crippen molar-refractivity contribution < 1.29 is 19.1 Å². The Labute approximate surface area is 167 Å². The summed E-state index contributed by atoms with van der Waals surface area (Å²) in [5.41, 5.74) is 1.21. The number of methoxy groups -OCH3 is 1. The van der Waals surface area contributed by atoms with E-state index in [4.69, 9.17) is 9.47 Å². The lowest BCUT2D eigenvalue weighted by Crippen LogP contribution is -2.52. The number of carbonyl (C=O) groups excluding carboxylic acids is 2. The van der Waals surface area contributed by atoms with Crippen LogP contribution in [0, 0.1) is 0 Å². The Balaban J connectivity index is 1.69. The predicted octanol–water partition coefficient (Wildman–Crippen LogP) is 2.05. The molecule has 1 heterocycles. The van der Waals surface area contributed by atoms with Crippen molar-refractivity contribution in [2.45, 2.75) is 43.7 Å². The first-order valence-corrected chi connectivity index (χ1v) is 9.86. The van der Waals surface area contributed by atoms with Crippen molar-refractivity contribution in [1.82, 2.24) is 10.2 Å². The number of amides is 2. The van der Waals surface area contributed by atoms with Crippen LogP contribution in [0.3, 0.4) is 0 Å². The number of rotatable bonds is 6. The van der Waals surface area contributed by atoms with Crippen molar-refractivity contribution in [3.8, 4) is 5.75 Å². The van der Waals surface area contributed by atoms with Gasteiger partial charge in [-0.2, -0.15) is 0 Å². The van der Waals surface area contributed by atoms with E-state index < -0.39 is 0 Å². The van der Waals surface area contributed by atoms with Crippen LogP contribution in [0.15, 0.2) is 18.2 Å². The molecular formula is C21H31N3O4. The average Bonchev–Trinajstić information content (AvgIpc) is 3.11. The lowest BCUT2D eigenvalue weighted by atomic mass is 9.98. The van der Waals surface area contributed by atoms with Crippen LogP contribution in [-0.2, 0) is 9.53 Å². The first kappa shape index (κ1) is 20.5. The summed E-state index contributed by atoms with van der Waals surface area (Å²) in [4.78, 5) is 28.6. The van der Waals surface area contributed by atoms with Gasteiger partial charge in [0.1, 0.15) is 12.4 Å². The minimum absolute atomic E-state index is 0.0170. The molecule has 1 aromatic rings. The number of ether oxygens (including phenoxy) is 2. The van der Waals surface area contributed by atoms with Crippen molar-refractivity contribution in [2.75, 3.05) is 46.4 Å². The van der Waals surface area contributed by atoms with E-state index in [2.05, 4.69) is 5.32 Å². The molecule has 7 heteroatoms. The highest BCUT2D eigenvalue weighted by Crippen LogP contribution is 2.35. The highest BCUT2D eigenvalue weighted by Gasteiger charge is 2.36. The minimum Gasteiger partial charge on any atom is -0.489 e. The summed E-state index contributed by atoms with van der Waals surface area (Å²) in [5, 5.41) is 3.22. The van der Waals surface area contributed by atoms with Gasteiger partial charge in [0, 0.05) is 33.8 Å². The smallest absolute Gasteiger partial charge is 0.253 e. The van der Waals surface area contributed by atoms with E-state index in [1.807, 2.05) is 24.1 Å². The number of hydrogen-bond acceptors (Lipinski definition) is 5. The Kier molecular flexibility index (Phi) is 6.13. The third-order valence-corrected chi connectivity index (χ3v) is 5.78. The van der Waals surface area contributed by atoms with E-state index in [9.17, 15) is 9.59 Å². The van der Waals surface area contributed by atoms with Crippen LogP contribution < -0.4 is 15.0 Å². The molecule has 0 aromatic heterocycles. The molecule has 0 radical (unpaired) electrons. The number of fused-ring (bicyclic) bond motifs is 1. The van der Waals surface area contributed by atoms with E-state index in [1.54, 1.807) is 32.2 Å². The molecule has 1 fully saturated rings. The number of nitrogens with zero attached hydrogens (tertiary/aromatic N) is 2. The zero-order chi connectivity index (χ0) is 20.3. The van der Waals surface area contributed by atoms with Gasteiger partial charge in [-0.1, -0.05) is 12.8 Å². The lowest BCUT2D eigenvalue weighted by molar-refractivity contribution is -0.124. The molecule has 1 N–H and O–H groups in total. The van der Waals surface area contributed by atoms with Crippen molar-refractivity contribution in [2.24, 2.45) is 0 Å². The number of anilines is 1. The van der Waals surface area contributed by atoms with Crippen LogP contribution in [0.4, 0.5) is 5.69 Å². The zero-order valence-corrected chi connectivity index (χ0v) is 17.3. The van der Waals surface area contributed by atoms with Gasteiger partial charge in [-0.3, -0.25) is 9.59 Å². The monoisotopic (exact) mass is 389 g/mol. The maximum Gasteiger partial charge on any atom is 0.253 e. The van der Waals surface area contributed by atoms with E-state index in [-0.39, 0.29) is 23.4 Å². The van der Waals surface area contributed by atoms with Crippen molar-refractivity contribution in [1.29, 1.82) is 0 Å². The van der Waals surface area contributed by atoms with E-state index in [1.165, 1.54) is 0 Å². The number of nitrogens with one attached hydrogen (secondary N) is 1. The molecule has 1 aliphatic carbocycles. The summed E-state index contributed by atoms with van der Waals surface area (Å²) in [5.74, 6) is 0.697. The van der Waals surface area contributed by atoms with Crippen LogP contribution in [0.1, 0.15) is 42.5 Å². The third kappa shape index (κ3) is 4.24. The molecule has 3 rings (SSSR count). The second-order valence-corrected chi connectivity index (χ2v) is 8.13. The molecule has 1 atom stereocenters. The fourth-order valence-corrected chi connectivity index (χ4v) is 4.19. The van der Waals surface area contributed by atoms with E-state index in [0.29, 0.717) is 25.2 Å². The summed E-state index contributed by atoms with van der Waals surface area (Å²) in [6, 6.07) is 5.35. The fourth-order valence-electron chi connectivity index (χ4n) is 4.19. The molecule has 0 spiro atoms. The Morgan fingerprint density at radius 1 is 1.32 bits per heavy atom. The Bertz CT molecular complexity index is 728. The first-order valence-electron chi connectivity index (χ1n) is 9.86. The predicted molar refractivity (Wildman–Crippen MR) is 108 cm³/mol. The van der Waals surface area contributed by atoms with Gasteiger partial charge >= 0.3 is 0 Å². The molecule has 1 saturated carbocycles. The normalized spacial score (nSPS) is 20.3. The lowest BCUT2D eigenvalue weighted by Gasteiger charge is -2.37. The van der Waals surface area contributed by atoms with Crippen LogP contribution in [0.5, 0.6) is 5.75 Å². The fraction of sp³-hybridized carbons (Fsp3) is 0.619. The Morgan fingerprint density at radius 2 is 2.04 bits per heavy atom. The Hall–Kier alpha value is -2.28. The van der Waals surface area contributed by atoms with Crippen LogP contribution >= 0.6 is 0 Å². The number of carbonyl (C=O) groups is 2. The quantitative estimate of drug-likeness (QED) is 0.806. The van der Waals surface area contributed by atoms with Gasteiger partial charge in [-0.25, -0.2) is 0 Å². The number of likely N-dealkylation sites (N-methyl/N-ethyl adjacent to an activating group) is 1. The topological polar surface area (TPSA) is 71.1 Å². The third-order valence-electron chi connectivity index (χ3n) is 5.78. The van der Waals surface area contributed by atoms with Crippen molar-refractivity contribution in [3.05, 3.63) is 23.8 Å². The molecular weight excluding hydrogens is 358 g/mol. The first-order chi connectivity index (χ1) is 13.3. The van der Waals surface area contributed by atoms with Gasteiger partial charge in [-0.15, -0.1) is 0 Å². The summed E-state index contributed by atoms with van der Waals surface area (Å²) in [7, 11) is 7.09. The average molecular weight is 389 g/mol. The van der Waals surface area contributed by atoms with Gasteiger partial charge in [0.25, 0.3) is 5.91 Å². The molecule has 1 aromatic carbocycles.